The van der Waals surface area contributed by atoms with Crippen LogP contribution in [0, 0.1) is 0 Å². The van der Waals surface area contributed by atoms with Gasteiger partial charge in [-0.2, -0.15) is 0 Å². The van der Waals surface area contributed by atoms with Crippen LogP contribution in [0.5, 0.6) is 0 Å². The summed E-state index contributed by atoms with van der Waals surface area (Å²) >= 11 is 0. The number of nitrogens with one attached hydrogen (secondary N) is 2. The van der Waals surface area contributed by atoms with E-state index in [0.717, 1.165) is 39.0 Å². The van der Waals surface area contributed by atoms with Crippen molar-refractivity contribution < 1.29 is 0 Å². The highest BCUT2D eigenvalue weighted by atomic mass is 14.9. The van der Waals surface area contributed by atoms with Crippen molar-refractivity contribution in [2.45, 2.75) is 64.7 Å². The molecule has 1 atom stereocenters. The molecular weight excluding hydrogens is 272 g/mol. The second-order valence-corrected chi connectivity index (χ2v) is 7.34. The summed E-state index contributed by atoms with van der Waals surface area (Å²) in [7, 11) is 0. The Balaban J connectivity index is 2.27. The molecule has 0 heterocycles. The van der Waals surface area contributed by atoms with Gasteiger partial charge >= 0.3 is 0 Å². The summed E-state index contributed by atoms with van der Waals surface area (Å²) in [5.74, 6) is 0. The Hall–Kier alpha value is -0.940. The summed E-state index contributed by atoms with van der Waals surface area (Å²) in [5, 5.41) is 6.84. The predicted octanol–water partition coefficient (Wildman–Crippen LogP) is 2.12. The van der Waals surface area contributed by atoms with Gasteiger partial charge in [0.05, 0.1) is 0 Å². The van der Waals surface area contributed by atoms with Crippen LogP contribution in [0.15, 0.2) is 24.3 Å². The van der Waals surface area contributed by atoms with Gasteiger partial charge in [-0.15, -0.1) is 0 Å². The van der Waals surface area contributed by atoms with Gasteiger partial charge in [-0.05, 0) is 51.3 Å². The van der Waals surface area contributed by atoms with Crippen molar-refractivity contribution >= 4 is 0 Å². The molecule has 0 aliphatic heterocycles. The lowest BCUT2D eigenvalue weighted by Crippen LogP contribution is -2.42. The summed E-state index contributed by atoms with van der Waals surface area (Å²) in [6, 6.07) is 8.71. The molecule has 0 spiro atoms. The minimum absolute atomic E-state index is 0.0563. The fourth-order valence-corrected chi connectivity index (χ4v) is 2.09. The second-order valence-electron chi connectivity index (χ2n) is 7.34. The van der Waals surface area contributed by atoms with E-state index < -0.39 is 0 Å². The van der Waals surface area contributed by atoms with E-state index in [4.69, 9.17) is 11.5 Å². The predicted molar refractivity (Wildman–Crippen MR) is 95.6 cm³/mol. The van der Waals surface area contributed by atoms with Gasteiger partial charge in [0, 0.05) is 30.7 Å². The summed E-state index contributed by atoms with van der Waals surface area (Å²) < 4.78 is 0. The molecule has 22 heavy (non-hydrogen) atoms. The normalized spacial score (nSPS) is 14.8. The van der Waals surface area contributed by atoms with Crippen LogP contribution < -0.4 is 22.1 Å². The molecule has 0 saturated heterocycles. The number of hydrogen-bond donors (Lipinski definition) is 4. The molecule has 0 aliphatic carbocycles. The van der Waals surface area contributed by atoms with Crippen LogP contribution in [0.2, 0.25) is 0 Å². The van der Waals surface area contributed by atoms with Crippen molar-refractivity contribution in [3.05, 3.63) is 35.4 Å². The minimum Gasteiger partial charge on any atom is -0.325 e. The first-order valence-electron chi connectivity index (χ1n) is 8.29. The zero-order chi connectivity index (χ0) is 16.6. The van der Waals surface area contributed by atoms with Crippen molar-refractivity contribution in [1.82, 2.24) is 10.6 Å². The monoisotopic (exact) mass is 306 g/mol. The van der Waals surface area contributed by atoms with Crippen LogP contribution in [0.4, 0.5) is 0 Å². The smallest absolute Gasteiger partial charge is 0.0223 e. The van der Waals surface area contributed by atoms with E-state index in [9.17, 15) is 0 Å². The van der Waals surface area contributed by atoms with Gasteiger partial charge in [0.15, 0.2) is 0 Å². The molecule has 0 aliphatic rings. The molecule has 0 bridgehead atoms. The Morgan fingerprint density at radius 1 is 0.909 bits per heavy atom. The first-order chi connectivity index (χ1) is 10.2. The molecule has 0 radical (unpaired) electrons. The molecule has 0 amide bonds. The Morgan fingerprint density at radius 2 is 1.41 bits per heavy atom. The maximum Gasteiger partial charge on any atom is 0.0223 e. The molecular formula is C18H34N4. The van der Waals surface area contributed by atoms with E-state index in [0.29, 0.717) is 0 Å². The van der Waals surface area contributed by atoms with Gasteiger partial charge in [-0.25, -0.2) is 0 Å². The lowest BCUT2D eigenvalue weighted by Gasteiger charge is -2.22. The van der Waals surface area contributed by atoms with E-state index in [1.165, 1.54) is 11.1 Å². The van der Waals surface area contributed by atoms with Crippen molar-refractivity contribution in [2.24, 2.45) is 11.5 Å². The molecule has 1 aromatic carbocycles. The van der Waals surface area contributed by atoms with Crippen molar-refractivity contribution in [1.29, 1.82) is 0 Å². The van der Waals surface area contributed by atoms with Gasteiger partial charge in [-0.3, -0.25) is 0 Å². The van der Waals surface area contributed by atoms with Crippen molar-refractivity contribution in [3.63, 3.8) is 0 Å². The molecule has 0 fully saturated rings. The highest BCUT2D eigenvalue weighted by molar-refractivity contribution is 5.22. The highest BCUT2D eigenvalue weighted by Gasteiger charge is 2.14. The fraction of sp³-hybridized carbons (Fsp3) is 0.667. The lowest BCUT2D eigenvalue weighted by molar-refractivity contribution is 0.405. The van der Waals surface area contributed by atoms with Crippen molar-refractivity contribution in [2.75, 3.05) is 13.1 Å². The standard InChI is InChI=1S/C18H34N4/c1-5-18(4,20)10-11-21-12-15-6-8-16(9-7-15)13-22-14-17(2,3)19/h6-9,21-22H,5,10-14,19-20H2,1-4H3. The summed E-state index contributed by atoms with van der Waals surface area (Å²) in [6.07, 6.45) is 2.01. The zero-order valence-electron chi connectivity index (χ0n) is 14.7. The Morgan fingerprint density at radius 3 is 1.86 bits per heavy atom. The molecule has 0 aromatic heterocycles. The molecule has 6 N–H and O–H groups in total. The molecule has 4 heteroatoms. The number of hydrogen-bond acceptors (Lipinski definition) is 4. The van der Waals surface area contributed by atoms with Gasteiger partial charge in [0.1, 0.15) is 0 Å². The van der Waals surface area contributed by atoms with Gasteiger partial charge in [-0.1, -0.05) is 31.2 Å². The SMILES string of the molecule is CCC(C)(N)CCNCc1ccc(CNCC(C)(C)N)cc1. The van der Waals surface area contributed by atoms with Crippen LogP contribution in [-0.4, -0.2) is 24.2 Å². The van der Waals surface area contributed by atoms with E-state index in [1.807, 2.05) is 13.8 Å². The third-order valence-corrected chi connectivity index (χ3v) is 3.94. The van der Waals surface area contributed by atoms with Gasteiger partial charge in [0.25, 0.3) is 0 Å². The highest BCUT2D eigenvalue weighted by Crippen LogP contribution is 2.09. The Labute approximate surface area is 136 Å². The zero-order valence-corrected chi connectivity index (χ0v) is 14.7. The van der Waals surface area contributed by atoms with E-state index in [2.05, 4.69) is 48.7 Å². The fourth-order valence-electron chi connectivity index (χ4n) is 2.09. The number of nitrogens with two attached hydrogens (primary N) is 2. The van der Waals surface area contributed by atoms with Crippen molar-refractivity contribution in [3.8, 4) is 0 Å². The molecule has 1 unspecified atom stereocenters. The molecule has 1 aromatic rings. The van der Waals surface area contributed by atoms with Crippen LogP contribution in [-0.2, 0) is 13.1 Å². The van der Waals surface area contributed by atoms with E-state index in [1.54, 1.807) is 0 Å². The quantitative estimate of drug-likeness (QED) is 0.500. The van der Waals surface area contributed by atoms with E-state index in [-0.39, 0.29) is 11.1 Å². The third kappa shape index (κ3) is 8.49. The number of rotatable bonds is 10. The van der Waals surface area contributed by atoms with Crippen LogP contribution in [0.3, 0.4) is 0 Å². The largest absolute Gasteiger partial charge is 0.325 e. The third-order valence-electron chi connectivity index (χ3n) is 3.94. The van der Waals surface area contributed by atoms with Gasteiger partial charge < -0.3 is 22.1 Å². The average Bonchev–Trinajstić information content (AvgIpc) is 2.44. The Kier molecular flexibility index (Phi) is 7.49. The minimum atomic E-state index is -0.167. The maximum atomic E-state index is 6.14. The first kappa shape index (κ1) is 19.1. The molecule has 1 rings (SSSR count). The Bertz CT molecular complexity index is 418. The van der Waals surface area contributed by atoms with Crippen LogP contribution >= 0.6 is 0 Å². The average molecular weight is 306 g/mol. The second kappa shape index (κ2) is 8.63. The summed E-state index contributed by atoms with van der Waals surface area (Å²) in [4.78, 5) is 0. The van der Waals surface area contributed by atoms with Crippen LogP contribution in [0.1, 0.15) is 51.7 Å². The summed E-state index contributed by atoms with van der Waals surface area (Å²) in [6.45, 7) is 11.8. The summed E-state index contributed by atoms with van der Waals surface area (Å²) in [5.41, 5.74) is 14.5. The first-order valence-corrected chi connectivity index (χ1v) is 8.29. The maximum absolute atomic E-state index is 6.14. The van der Waals surface area contributed by atoms with Crippen LogP contribution in [0.25, 0.3) is 0 Å². The topological polar surface area (TPSA) is 76.1 Å². The van der Waals surface area contributed by atoms with E-state index >= 15 is 0 Å². The molecule has 126 valence electrons. The molecule has 4 nitrogen and oxygen atoms in total. The van der Waals surface area contributed by atoms with Gasteiger partial charge in [0.2, 0.25) is 0 Å². The number of benzene rings is 1. The lowest BCUT2D eigenvalue weighted by atomic mass is 9.96. The molecule has 0 saturated carbocycles.